The van der Waals surface area contributed by atoms with E-state index in [2.05, 4.69) is 0 Å². The molecular formula is C4H6. The van der Waals surface area contributed by atoms with Crippen LogP contribution in [0.25, 0.3) is 0 Å². The molecule has 2 rings (SSSR count). The normalized spacial score (nSPS) is 66.0. The second-order valence-corrected chi connectivity index (χ2v) is 1.99. The molecule has 0 aromatic rings. The summed E-state index contributed by atoms with van der Waals surface area (Å²) in [5, 5.41) is 0. The Bertz CT molecular complexity index is 36.0. The third kappa shape index (κ3) is 0.0312. The van der Waals surface area contributed by atoms with Gasteiger partial charge in [0.1, 0.15) is 0 Å². The van der Waals surface area contributed by atoms with E-state index in [4.69, 9.17) is 0 Å². The molecule has 4 heavy (non-hydrogen) atoms. The monoisotopic (exact) mass is 54.0 g/mol. The van der Waals surface area contributed by atoms with Gasteiger partial charge in [0, 0.05) is 0 Å². The Hall–Kier alpha value is 0. The molecule has 0 heterocycles. The third-order valence-corrected chi connectivity index (χ3v) is 1.47. The quantitative estimate of drug-likeness (QED) is 0.387. The van der Waals surface area contributed by atoms with Crippen LogP contribution < -0.4 is 0 Å². The highest BCUT2D eigenvalue weighted by Gasteiger charge is 2.52. The second kappa shape index (κ2) is 0.188. The molecule has 0 heteroatoms. The van der Waals surface area contributed by atoms with Gasteiger partial charge in [0.25, 0.3) is 0 Å². The van der Waals surface area contributed by atoms with Crippen molar-refractivity contribution in [3.63, 3.8) is 0 Å². The van der Waals surface area contributed by atoms with E-state index in [0.717, 1.165) is 0 Å². The fourth-order valence-electron chi connectivity index (χ4n) is 0.552. The van der Waals surface area contributed by atoms with E-state index in [-0.39, 0.29) is 0 Å². The predicted molar refractivity (Wildman–Crippen MR) is 16.2 cm³/mol. The molecule has 2 fully saturated rings. The third-order valence-electron chi connectivity index (χ3n) is 1.47. The summed E-state index contributed by atoms with van der Waals surface area (Å²) in [7, 11) is 0. The highest BCUT2D eigenvalue weighted by atomic mass is 14.6. The maximum Gasteiger partial charge on any atom is -0.0380 e. The highest BCUT2D eigenvalue weighted by molar-refractivity contribution is 5.02. The zero-order valence-corrected chi connectivity index (χ0v) is 2.57. The molecule has 0 bridgehead atoms. The van der Waals surface area contributed by atoms with Gasteiger partial charge in [0.05, 0.1) is 0 Å². The molecule has 0 aromatic carbocycles. The first-order valence-electron chi connectivity index (χ1n) is 1.97. The molecule has 0 spiro atoms. The van der Waals surface area contributed by atoms with Gasteiger partial charge in [-0.3, -0.25) is 0 Å². The summed E-state index contributed by atoms with van der Waals surface area (Å²) in [5.41, 5.74) is 0. The topological polar surface area (TPSA) is 0 Å². The number of hydrogen-bond donors (Lipinski definition) is 0. The Kier molecular flexibility index (Phi) is 0.0675. The van der Waals surface area contributed by atoms with Crippen molar-refractivity contribution in [3.05, 3.63) is 0 Å². The minimum Gasteiger partial charge on any atom is -0.0470 e. The number of rotatable bonds is 0. The van der Waals surface area contributed by atoms with Gasteiger partial charge in [-0.15, -0.1) is 0 Å². The molecule has 0 amide bonds. The fourth-order valence-corrected chi connectivity index (χ4v) is 0.552. The van der Waals surface area contributed by atoms with Crippen molar-refractivity contribution < 1.29 is 0 Å². The van der Waals surface area contributed by atoms with E-state index in [1.807, 2.05) is 0 Å². The number of fused-ring (bicyclic) bond motifs is 1. The van der Waals surface area contributed by atoms with E-state index >= 15 is 0 Å². The molecule has 22 valence electrons. The van der Waals surface area contributed by atoms with Crippen LogP contribution in [-0.4, -0.2) is 0 Å². The van der Waals surface area contributed by atoms with Crippen LogP contribution in [0.2, 0.25) is 0 Å². The van der Waals surface area contributed by atoms with Crippen molar-refractivity contribution in [2.75, 3.05) is 0 Å². The van der Waals surface area contributed by atoms with E-state index in [1.165, 1.54) is 11.8 Å². The fraction of sp³-hybridized carbons (Fsp3) is 1.00. The lowest BCUT2D eigenvalue weighted by Crippen LogP contribution is -1.47. The Balaban J connectivity index is 2.48. The van der Waals surface area contributed by atoms with Crippen molar-refractivity contribution in [1.29, 1.82) is 0 Å². The summed E-state index contributed by atoms with van der Waals surface area (Å²) in [6, 6.07) is 0. The zero-order valence-electron chi connectivity index (χ0n) is 2.57. The minimum absolute atomic E-state index is 1.25. The van der Waals surface area contributed by atoms with Crippen LogP contribution >= 0.6 is 0 Å². The molecule has 0 saturated heterocycles. The van der Waals surface area contributed by atoms with E-state index in [9.17, 15) is 0 Å². The van der Waals surface area contributed by atoms with Crippen LogP contribution in [0, 0.1) is 11.8 Å². The van der Waals surface area contributed by atoms with Crippen molar-refractivity contribution in [1.82, 2.24) is 0 Å². The Morgan fingerprint density at radius 3 is 1.25 bits per heavy atom. The molecule has 0 unspecified atom stereocenters. The maximum atomic E-state index is 1.58. The van der Waals surface area contributed by atoms with Crippen LogP contribution in [0.3, 0.4) is 0 Å². The van der Waals surface area contributed by atoms with Crippen LogP contribution in [0.5, 0.6) is 0 Å². The standard InChI is InChI=1S/C4H6/c1-3-2-4(1)3/h3-4H,1-2H2. The van der Waals surface area contributed by atoms with Gasteiger partial charge in [-0.25, -0.2) is 0 Å². The van der Waals surface area contributed by atoms with Gasteiger partial charge >= 0.3 is 0 Å². The van der Waals surface area contributed by atoms with E-state index < -0.39 is 0 Å². The molecular weight excluding hydrogens is 48.0 g/mol. The summed E-state index contributed by atoms with van der Waals surface area (Å²) in [6.45, 7) is 0. The first-order valence-corrected chi connectivity index (χ1v) is 1.97. The first-order chi connectivity index (χ1) is 1.97. The lowest BCUT2D eigenvalue weighted by atomic mass is 10.5. The van der Waals surface area contributed by atoms with Crippen molar-refractivity contribution in [2.45, 2.75) is 12.8 Å². The lowest BCUT2D eigenvalue weighted by Gasteiger charge is -1.60. The largest absolute Gasteiger partial charge is 0.0470 e. The minimum atomic E-state index is 1.25. The molecule has 2 aliphatic carbocycles. The lowest BCUT2D eigenvalue weighted by molar-refractivity contribution is 0.915. The Morgan fingerprint density at radius 1 is 1.00 bits per heavy atom. The predicted octanol–water partition coefficient (Wildman–Crippen LogP) is 1.03. The first kappa shape index (κ1) is 1.44. The summed E-state index contributed by atoms with van der Waals surface area (Å²) in [5.74, 6) is 2.50. The molecule has 0 aromatic heterocycles. The van der Waals surface area contributed by atoms with E-state index in [0.29, 0.717) is 0 Å². The summed E-state index contributed by atoms with van der Waals surface area (Å²) in [6.07, 6.45) is 3.17. The van der Waals surface area contributed by atoms with Gasteiger partial charge in [0.2, 0.25) is 0 Å². The van der Waals surface area contributed by atoms with Crippen molar-refractivity contribution >= 4 is 0 Å². The van der Waals surface area contributed by atoms with Crippen molar-refractivity contribution in [3.8, 4) is 0 Å². The second-order valence-electron chi connectivity index (χ2n) is 1.99. The highest BCUT2D eigenvalue weighted by Crippen LogP contribution is 2.62. The maximum absolute atomic E-state index is 1.58. The summed E-state index contributed by atoms with van der Waals surface area (Å²) >= 11 is 0. The van der Waals surface area contributed by atoms with Gasteiger partial charge in [-0.1, -0.05) is 0 Å². The molecule has 0 radical (unpaired) electrons. The molecule has 0 atom stereocenters. The van der Waals surface area contributed by atoms with Gasteiger partial charge in [-0.2, -0.15) is 0 Å². The zero-order chi connectivity index (χ0) is 2.57. The van der Waals surface area contributed by atoms with Crippen LogP contribution in [-0.2, 0) is 0 Å². The molecule has 0 aliphatic heterocycles. The van der Waals surface area contributed by atoms with Gasteiger partial charge in [0.15, 0.2) is 0 Å². The van der Waals surface area contributed by atoms with Gasteiger partial charge in [-0.05, 0) is 24.7 Å². The Labute approximate surface area is 25.8 Å². The summed E-state index contributed by atoms with van der Waals surface area (Å²) < 4.78 is 0. The van der Waals surface area contributed by atoms with Crippen LogP contribution in [0.4, 0.5) is 0 Å². The average molecular weight is 54.1 g/mol. The SMILES string of the molecule is C1C2CC12. The van der Waals surface area contributed by atoms with E-state index in [1.54, 1.807) is 12.8 Å². The Morgan fingerprint density at radius 2 is 1.25 bits per heavy atom. The molecule has 0 N–H and O–H groups in total. The van der Waals surface area contributed by atoms with Crippen LogP contribution in [0.15, 0.2) is 0 Å². The smallest absolute Gasteiger partial charge is 0.0380 e. The summed E-state index contributed by atoms with van der Waals surface area (Å²) in [4.78, 5) is 0. The van der Waals surface area contributed by atoms with Gasteiger partial charge < -0.3 is 0 Å². The average Bonchev–Trinajstić information content (AvgIpc) is 1.36. The van der Waals surface area contributed by atoms with Crippen LogP contribution in [0.1, 0.15) is 12.8 Å². The van der Waals surface area contributed by atoms with Crippen molar-refractivity contribution in [2.24, 2.45) is 11.8 Å². The molecule has 2 aliphatic rings. The molecule has 2 saturated carbocycles. The number of hydrogen-bond acceptors (Lipinski definition) is 0. The molecule has 0 nitrogen and oxygen atoms in total.